The quantitative estimate of drug-likeness (QED) is 0.579. The lowest BCUT2D eigenvalue weighted by atomic mass is 10.2. The zero-order valence-electron chi connectivity index (χ0n) is 12.9. The van der Waals surface area contributed by atoms with Gasteiger partial charge in [0.05, 0.1) is 24.9 Å². The molecule has 0 bridgehead atoms. The van der Waals surface area contributed by atoms with Crippen molar-refractivity contribution in [3.05, 3.63) is 66.6 Å². The number of aromatic nitrogens is 5. The third-order valence-corrected chi connectivity index (χ3v) is 3.84. The van der Waals surface area contributed by atoms with Crippen LogP contribution in [0.25, 0.3) is 17.0 Å². The Morgan fingerprint density at radius 2 is 2.08 bits per heavy atom. The Balaban J connectivity index is 1.77. The van der Waals surface area contributed by atoms with Gasteiger partial charge in [-0.05, 0) is 30.3 Å². The summed E-state index contributed by atoms with van der Waals surface area (Å²) >= 11 is 0. The Labute approximate surface area is 137 Å². The van der Waals surface area contributed by atoms with Crippen LogP contribution < -0.4 is 4.74 Å². The molecule has 7 heteroatoms. The van der Waals surface area contributed by atoms with E-state index in [9.17, 15) is 4.39 Å². The van der Waals surface area contributed by atoms with E-state index in [0.29, 0.717) is 23.7 Å². The van der Waals surface area contributed by atoms with Gasteiger partial charge in [-0.1, -0.05) is 6.07 Å². The Kier molecular flexibility index (Phi) is 3.45. The Morgan fingerprint density at radius 1 is 1.17 bits per heavy atom. The molecule has 0 unspecified atom stereocenters. The number of ether oxygens (including phenoxy) is 1. The fourth-order valence-corrected chi connectivity index (χ4v) is 2.68. The average molecular weight is 323 g/mol. The van der Waals surface area contributed by atoms with Gasteiger partial charge in [0.2, 0.25) is 0 Å². The van der Waals surface area contributed by atoms with Crippen LogP contribution in [0.1, 0.15) is 5.69 Å². The molecular weight excluding hydrogens is 309 g/mol. The van der Waals surface area contributed by atoms with Gasteiger partial charge in [-0.2, -0.15) is 5.10 Å². The Bertz CT molecular complexity index is 1010. The molecule has 0 atom stereocenters. The van der Waals surface area contributed by atoms with Crippen LogP contribution >= 0.6 is 0 Å². The van der Waals surface area contributed by atoms with Gasteiger partial charge in [0, 0.05) is 12.4 Å². The normalized spacial score (nSPS) is 11.1. The lowest BCUT2D eigenvalue weighted by molar-refractivity contribution is 0.414. The van der Waals surface area contributed by atoms with Crippen LogP contribution in [0.15, 0.2) is 55.1 Å². The number of hydrogen-bond acceptors (Lipinski definition) is 4. The molecule has 0 aliphatic heterocycles. The molecule has 3 aromatic heterocycles. The maximum atomic E-state index is 14.3. The van der Waals surface area contributed by atoms with Crippen LogP contribution in [0.3, 0.4) is 0 Å². The minimum Gasteiger partial charge on any atom is -0.497 e. The molecule has 0 aliphatic carbocycles. The molecule has 24 heavy (non-hydrogen) atoms. The van der Waals surface area contributed by atoms with E-state index in [2.05, 4.69) is 15.1 Å². The van der Waals surface area contributed by atoms with Crippen molar-refractivity contribution in [1.29, 1.82) is 0 Å². The van der Waals surface area contributed by atoms with Crippen LogP contribution in [0, 0.1) is 5.82 Å². The molecule has 0 N–H and O–H groups in total. The van der Waals surface area contributed by atoms with Crippen LogP contribution in [-0.4, -0.2) is 31.3 Å². The van der Waals surface area contributed by atoms with Crippen LogP contribution in [0.2, 0.25) is 0 Å². The summed E-state index contributed by atoms with van der Waals surface area (Å²) in [5, 5.41) is 4.22. The molecule has 4 aromatic rings. The molecular formula is C17H14FN5O. The van der Waals surface area contributed by atoms with Gasteiger partial charge in [0.25, 0.3) is 0 Å². The van der Waals surface area contributed by atoms with Gasteiger partial charge < -0.3 is 9.30 Å². The van der Waals surface area contributed by atoms with Crippen molar-refractivity contribution in [2.45, 2.75) is 6.54 Å². The van der Waals surface area contributed by atoms with Crippen molar-refractivity contribution in [2.75, 3.05) is 7.11 Å². The fourth-order valence-electron chi connectivity index (χ4n) is 2.68. The van der Waals surface area contributed by atoms with Gasteiger partial charge in [0.15, 0.2) is 5.65 Å². The van der Waals surface area contributed by atoms with E-state index >= 15 is 0 Å². The lowest BCUT2D eigenvalue weighted by Gasteiger charge is -2.11. The summed E-state index contributed by atoms with van der Waals surface area (Å²) in [7, 11) is 1.55. The Morgan fingerprint density at radius 3 is 2.96 bits per heavy atom. The Hall–Kier alpha value is -3.22. The predicted octanol–water partition coefficient (Wildman–Crippen LogP) is 2.79. The average Bonchev–Trinajstić information content (AvgIpc) is 3.25. The summed E-state index contributed by atoms with van der Waals surface area (Å²) in [6.07, 6.45) is 4.97. The van der Waals surface area contributed by atoms with Crippen molar-refractivity contribution in [3.8, 4) is 17.1 Å². The highest BCUT2D eigenvalue weighted by atomic mass is 19.1. The van der Waals surface area contributed by atoms with E-state index in [1.54, 1.807) is 30.0 Å². The van der Waals surface area contributed by atoms with Gasteiger partial charge in [0.1, 0.15) is 23.7 Å². The van der Waals surface area contributed by atoms with Crippen molar-refractivity contribution in [1.82, 2.24) is 24.1 Å². The smallest absolute Gasteiger partial charge is 0.155 e. The highest BCUT2D eigenvalue weighted by Crippen LogP contribution is 2.26. The summed E-state index contributed by atoms with van der Waals surface area (Å²) in [5.74, 6) is 0.769. The minimum atomic E-state index is -0.345. The van der Waals surface area contributed by atoms with Crippen molar-refractivity contribution in [2.24, 2.45) is 0 Å². The molecule has 0 fully saturated rings. The molecule has 6 nitrogen and oxygen atoms in total. The molecule has 1 aromatic carbocycles. The largest absolute Gasteiger partial charge is 0.497 e. The van der Waals surface area contributed by atoms with Crippen LogP contribution in [0.4, 0.5) is 4.39 Å². The first-order valence-corrected chi connectivity index (χ1v) is 7.39. The topological polar surface area (TPSA) is 57.2 Å². The van der Waals surface area contributed by atoms with Crippen LogP contribution in [0.5, 0.6) is 5.75 Å². The zero-order valence-corrected chi connectivity index (χ0v) is 12.9. The minimum absolute atomic E-state index is 0.345. The second kappa shape index (κ2) is 5.77. The number of imidazole rings is 1. The molecule has 120 valence electrons. The first kappa shape index (κ1) is 14.4. The van der Waals surface area contributed by atoms with E-state index in [1.807, 2.05) is 29.0 Å². The summed E-state index contributed by atoms with van der Waals surface area (Å²) in [5.41, 5.74) is 2.08. The van der Waals surface area contributed by atoms with Crippen molar-refractivity contribution < 1.29 is 9.13 Å². The summed E-state index contributed by atoms with van der Waals surface area (Å²) in [6, 6.07) is 10.4. The fraction of sp³-hybridized carbons (Fsp3) is 0.118. The highest BCUT2D eigenvalue weighted by molar-refractivity contribution is 5.59. The van der Waals surface area contributed by atoms with E-state index in [-0.39, 0.29) is 5.82 Å². The molecule has 0 amide bonds. The second-order valence-electron chi connectivity index (χ2n) is 5.27. The molecule has 4 rings (SSSR count). The number of rotatable bonds is 4. The van der Waals surface area contributed by atoms with E-state index in [4.69, 9.17) is 4.74 Å². The molecule has 0 saturated heterocycles. The number of benzene rings is 1. The summed E-state index contributed by atoms with van der Waals surface area (Å²) in [6.45, 7) is 0.493. The third kappa shape index (κ3) is 2.40. The number of methoxy groups -OCH3 is 1. The lowest BCUT2D eigenvalue weighted by Crippen LogP contribution is -2.07. The molecule has 0 aliphatic rings. The standard InChI is InChI=1S/C17H14FN5O/c1-24-13-5-6-15(18)14(9-13)17-19-7-8-22(17)10-12-3-2-4-16-20-11-21-23(12)16/h2-9,11H,10H2,1H3. The molecule has 0 radical (unpaired) electrons. The van der Waals surface area contributed by atoms with Crippen LogP contribution in [-0.2, 0) is 6.54 Å². The SMILES string of the molecule is COc1ccc(F)c(-c2nccn2Cc2cccc3ncnn23)c1. The van der Waals surface area contributed by atoms with E-state index < -0.39 is 0 Å². The number of pyridine rings is 1. The number of nitrogens with zero attached hydrogens (tertiary/aromatic N) is 5. The maximum Gasteiger partial charge on any atom is 0.155 e. The monoisotopic (exact) mass is 323 g/mol. The second-order valence-corrected chi connectivity index (χ2v) is 5.27. The van der Waals surface area contributed by atoms with Gasteiger partial charge in [-0.15, -0.1) is 0 Å². The van der Waals surface area contributed by atoms with Gasteiger partial charge in [-0.3, -0.25) is 0 Å². The molecule has 0 saturated carbocycles. The zero-order chi connectivity index (χ0) is 16.5. The van der Waals surface area contributed by atoms with E-state index in [0.717, 1.165) is 11.3 Å². The van der Waals surface area contributed by atoms with Gasteiger partial charge >= 0.3 is 0 Å². The van der Waals surface area contributed by atoms with Gasteiger partial charge in [-0.25, -0.2) is 18.9 Å². The molecule has 0 spiro atoms. The summed E-state index contributed by atoms with van der Waals surface area (Å²) in [4.78, 5) is 8.49. The maximum absolute atomic E-state index is 14.3. The number of fused-ring (bicyclic) bond motifs is 1. The molecule has 3 heterocycles. The van der Waals surface area contributed by atoms with E-state index in [1.165, 1.54) is 12.4 Å². The number of hydrogen-bond donors (Lipinski definition) is 0. The predicted molar refractivity (Wildman–Crippen MR) is 86.3 cm³/mol. The summed E-state index contributed by atoms with van der Waals surface area (Å²) < 4.78 is 23.1. The highest BCUT2D eigenvalue weighted by Gasteiger charge is 2.14. The first-order chi connectivity index (χ1) is 11.8. The van der Waals surface area contributed by atoms with Crippen molar-refractivity contribution in [3.63, 3.8) is 0 Å². The first-order valence-electron chi connectivity index (χ1n) is 7.39. The number of halogens is 1. The third-order valence-electron chi connectivity index (χ3n) is 3.84. The van der Waals surface area contributed by atoms with Crippen molar-refractivity contribution >= 4 is 5.65 Å².